The molecule has 120 valence electrons. The molecule has 4 nitrogen and oxygen atoms in total. The molecular formula is C16H27BrN2O2. The number of nitrogens with one attached hydrogen (secondary N) is 1. The maximum absolute atomic E-state index is 5.61. The van der Waals surface area contributed by atoms with E-state index in [4.69, 9.17) is 9.47 Å². The van der Waals surface area contributed by atoms with Gasteiger partial charge < -0.3 is 19.7 Å². The summed E-state index contributed by atoms with van der Waals surface area (Å²) in [6, 6.07) is 4.34. The van der Waals surface area contributed by atoms with Crippen LogP contribution in [0.5, 0.6) is 11.5 Å². The molecule has 0 radical (unpaired) electrons. The summed E-state index contributed by atoms with van der Waals surface area (Å²) in [7, 11) is 7.56. The fourth-order valence-electron chi connectivity index (χ4n) is 2.27. The second kappa shape index (κ2) is 9.28. The third-order valence-corrected chi connectivity index (χ3v) is 4.15. The van der Waals surface area contributed by atoms with Gasteiger partial charge in [0.1, 0.15) is 16.0 Å². The van der Waals surface area contributed by atoms with Crippen LogP contribution in [0.2, 0.25) is 0 Å². The van der Waals surface area contributed by atoms with Crippen LogP contribution in [0.25, 0.3) is 0 Å². The molecule has 0 aliphatic carbocycles. The van der Waals surface area contributed by atoms with Gasteiger partial charge in [0.05, 0.1) is 14.2 Å². The van der Waals surface area contributed by atoms with Crippen LogP contribution >= 0.6 is 15.9 Å². The van der Waals surface area contributed by atoms with Crippen molar-refractivity contribution >= 4 is 15.9 Å². The molecule has 0 heterocycles. The third-order valence-electron chi connectivity index (χ3n) is 3.40. The van der Waals surface area contributed by atoms with Crippen molar-refractivity contribution in [2.75, 3.05) is 41.4 Å². The largest absolute Gasteiger partial charge is 0.495 e. The van der Waals surface area contributed by atoms with E-state index in [1.807, 2.05) is 6.07 Å². The molecule has 21 heavy (non-hydrogen) atoms. The van der Waals surface area contributed by atoms with E-state index in [0.29, 0.717) is 0 Å². The van der Waals surface area contributed by atoms with Crippen LogP contribution in [-0.2, 0) is 0 Å². The van der Waals surface area contributed by atoms with Gasteiger partial charge in [-0.2, -0.15) is 0 Å². The highest BCUT2D eigenvalue weighted by Gasteiger charge is 2.20. The Morgan fingerprint density at radius 1 is 1.24 bits per heavy atom. The summed E-state index contributed by atoms with van der Waals surface area (Å²) in [6.07, 6.45) is 2.14. The van der Waals surface area contributed by atoms with Crippen LogP contribution in [0.15, 0.2) is 16.6 Å². The fraction of sp³-hybridized carbons (Fsp3) is 0.625. The molecule has 1 N–H and O–H groups in total. The van der Waals surface area contributed by atoms with E-state index >= 15 is 0 Å². The normalized spacial score (nSPS) is 12.5. The molecule has 0 aromatic heterocycles. The first-order chi connectivity index (χ1) is 10.0. The van der Waals surface area contributed by atoms with Crippen molar-refractivity contribution in [1.29, 1.82) is 0 Å². The molecule has 0 spiro atoms. The van der Waals surface area contributed by atoms with Gasteiger partial charge in [-0.3, -0.25) is 0 Å². The zero-order valence-corrected chi connectivity index (χ0v) is 15.3. The molecule has 1 aromatic rings. The lowest BCUT2D eigenvalue weighted by molar-refractivity contribution is 0.347. The van der Waals surface area contributed by atoms with Crippen molar-refractivity contribution in [3.8, 4) is 11.5 Å². The van der Waals surface area contributed by atoms with E-state index in [-0.39, 0.29) is 6.04 Å². The maximum Gasteiger partial charge on any atom is 0.141 e. The molecule has 1 atom stereocenters. The van der Waals surface area contributed by atoms with Gasteiger partial charge in [-0.1, -0.05) is 6.92 Å². The number of benzene rings is 1. The number of halogens is 1. The van der Waals surface area contributed by atoms with Gasteiger partial charge in [0.25, 0.3) is 0 Å². The summed E-state index contributed by atoms with van der Waals surface area (Å²) in [6.45, 7) is 4.19. The van der Waals surface area contributed by atoms with Gasteiger partial charge in [-0.05, 0) is 68.1 Å². The van der Waals surface area contributed by atoms with E-state index in [1.54, 1.807) is 14.2 Å². The highest BCUT2D eigenvalue weighted by molar-refractivity contribution is 9.10. The van der Waals surface area contributed by atoms with Gasteiger partial charge in [0.2, 0.25) is 0 Å². The van der Waals surface area contributed by atoms with Gasteiger partial charge in [-0.15, -0.1) is 0 Å². The van der Waals surface area contributed by atoms with Crippen LogP contribution < -0.4 is 14.8 Å². The monoisotopic (exact) mass is 358 g/mol. The second-order valence-electron chi connectivity index (χ2n) is 5.30. The lowest BCUT2D eigenvalue weighted by atomic mass is 10.0. The lowest BCUT2D eigenvalue weighted by Gasteiger charge is -2.24. The lowest BCUT2D eigenvalue weighted by Crippen LogP contribution is -2.26. The number of methoxy groups -OCH3 is 2. The highest BCUT2D eigenvalue weighted by Crippen LogP contribution is 2.40. The van der Waals surface area contributed by atoms with Crippen LogP contribution in [0.1, 0.15) is 31.4 Å². The molecule has 1 rings (SSSR count). The highest BCUT2D eigenvalue weighted by atomic mass is 79.9. The summed E-state index contributed by atoms with van der Waals surface area (Å²) in [5.41, 5.74) is 1.17. The zero-order valence-electron chi connectivity index (χ0n) is 13.7. The first-order valence-corrected chi connectivity index (χ1v) is 8.12. The Hall–Kier alpha value is -0.780. The average molecular weight is 359 g/mol. The topological polar surface area (TPSA) is 33.7 Å². The van der Waals surface area contributed by atoms with Crippen LogP contribution in [0.4, 0.5) is 0 Å². The van der Waals surface area contributed by atoms with Gasteiger partial charge in [0.15, 0.2) is 0 Å². The van der Waals surface area contributed by atoms with E-state index < -0.39 is 0 Å². The Kier molecular flexibility index (Phi) is 8.07. The Balaban J connectivity index is 3.07. The Morgan fingerprint density at radius 3 is 2.48 bits per heavy atom. The summed E-state index contributed by atoms with van der Waals surface area (Å²) in [4.78, 5) is 2.20. The minimum Gasteiger partial charge on any atom is -0.495 e. The number of hydrogen-bond acceptors (Lipinski definition) is 4. The van der Waals surface area contributed by atoms with E-state index in [2.05, 4.69) is 53.2 Å². The van der Waals surface area contributed by atoms with Gasteiger partial charge in [0, 0.05) is 11.6 Å². The molecule has 0 amide bonds. The number of ether oxygens (including phenoxy) is 2. The number of rotatable bonds is 9. The van der Waals surface area contributed by atoms with Crippen molar-refractivity contribution in [2.45, 2.75) is 25.8 Å². The Labute approximate surface area is 136 Å². The van der Waals surface area contributed by atoms with E-state index in [1.165, 1.54) is 5.56 Å². The standard InChI is InChI=1S/C16H27BrN2O2/c1-6-10-18-13(9-11-19(2)3)12-7-8-14(20-4)15(17)16(12)21-5/h7-8,13,18H,6,9-11H2,1-5H3. The quantitative estimate of drug-likeness (QED) is 0.732. The molecule has 1 unspecified atom stereocenters. The Bertz CT molecular complexity index is 439. The number of nitrogens with zero attached hydrogens (tertiary/aromatic N) is 1. The molecule has 0 saturated carbocycles. The second-order valence-corrected chi connectivity index (χ2v) is 6.10. The molecular weight excluding hydrogens is 332 g/mol. The van der Waals surface area contributed by atoms with Crippen LogP contribution in [0.3, 0.4) is 0 Å². The van der Waals surface area contributed by atoms with Crippen molar-refractivity contribution < 1.29 is 9.47 Å². The zero-order chi connectivity index (χ0) is 15.8. The minimum absolute atomic E-state index is 0.268. The number of hydrogen-bond donors (Lipinski definition) is 1. The molecule has 0 aliphatic rings. The molecule has 0 fully saturated rings. The molecule has 0 aliphatic heterocycles. The Morgan fingerprint density at radius 2 is 1.95 bits per heavy atom. The maximum atomic E-state index is 5.61. The SMILES string of the molecule is CCCNC(CCN(C)C)c1ccc(OC)c(Br)c1OC. The van der Waals surface area contributed by atoms with Crippen LogP contribution in [0, 0.1) is 0 Å². The molecule has 5 heteroatoms. The van der Waals surface area contributed by atoms with Crippen molar-refractivity contribution in [3.05, 3.63) is 22.2 Å². The predicted molar refractivity (Wildman–Crippen MR) is 91.5 cm³/mol. The first-order valence-electron chi connectivity index (χ1n) is 7.33. The first kappa shape index (κ1) is 18.3. The minimum atomic E-state index is 0.268. The van der Waals surface area contributed by atoms with E-state index in [9.17, 15) is 0 Å². The van der Waals surface area contributed by atoms with Gasteiger partial charge in [-0.25, -0.2) is 0 Å². The average Bonchev–Trinajstić information content (AvgIpc) is 2.47. The third kappa shape index (κ3) is 5.16. The summed E-state index contributed by atoms with van der Waals surface area (Å²) < 4.78 is 11.8. The van der Waals surface area contributed by atoms with E-state index in [0.717, 1.165) is 41.9 Å². The molecule has 0 saturated heterocycles. The van der Waals surface area contributed by atoms with Gasteiger partial charge >= 0.3 is 0 Å². The predicted octanol–water partition coefficient (Wildman–Crippen LogP) is 3.46. The summed E-state index contributed by atoms with van der Waals surface area (Å²) >= 11 is 3.58. The van der Waals surface area contributed by atoms with Crippen molar-refractivity contribution in [2.24, 2.45) is 0 Å². The van der Waals surface area contributed by atoms with Crippen molar-refractivity contribution in [3.63, 3.8) is 0 Å². The smallest absolute Gasteiger partial charge is 0.141 e. The van der Waals surface area contributed by atoms with Crippen LogP contribution in [-0.4, -0.2) is 46.3 Å². The summed E-state index contributed by atoms with van der Waals surface area (Å²) in [5, 5.41) is 3.61. The fourth-order valence-corrected chi connectivity index (χ4v) is 2.95. The molecule has 1 aromatic carbocycles. The summed E-state index contributed by atoms with van der Waals surface area (Å²) in [5.74, 6) is 1.64. The molecule has 0 bridgehead atoms. The van der Waals surface area contributed by atoms with Crippen molar-refractivity contribution in [1.82, 2.24) is 10.2 Å².